The van der Waals surface area contributed by atoms with Crippen LogP contribution in [0.1, 0.15) is 12.8 Å². The van der Waals surface area contributed by atoms with Crippen LogP contribution in [0.4, 0.5) is 10.5 Å². The molecule has 22 heavy (non-hydrogen) atoms. The van der Waals surface area contributed by atoms with Crippen LogP contribution in [0.5, 0.6) is 5.75 Å². The Kier molecular flexibility index (Phi) is 3.66. The van der Waals surface area contributed by atoms with Crippen molar-refractivity contribution in [3.8, 4) is 5.75 Å². The SMILES string of the molecule is O=C1CN(C2CC2)C(=O)N1CCOc1ccccc1[N+](=O)[O-]. The van der Waals surface area contributed by atoms with Gasteiger partial charge in [-0.1, -0.05) is 12.1 Å². The van der Waals surface area contributed by atoms with E-state index in [1.54, 1.807) is 17.0 Å². The van der Waals surface area contributed by atoms with Crippen molar-refractivity contribution >= 4 is 17.6 Å². The third-order valence-electron chi connectivity index (χ3n) is 3.71. The number of ether oxygens (including phenoxy) is 1. The predicted molar refractivity (Wildman–Crippen MR) is 75.4 cm³/mol. The summed E-state index contributed by atoms with van der Waals surface area (Å²) >= 11 is 0. The number of nitrogens with zero attached hydrogens (tertiary/aromatic N) is 3. The highest BCUT2D eigenvalue weighted by molar-refractivity contribution is 6.02. The molecule has 1 aliphatic heterocycles. The maximum absolute atomic E-state index is 12.1. The number of hydrogen-bond acceptors (Lipinski definition) is 5. The smallest absolute Gasteiger partial charge is 0.327 e. The lowest BCUT2D eigenvalue weighted by atomic mass is 10.3. The van der Waals surface area contributed by atoms with Gasteiger partial charge in [0.25, 0.3) is 0 Å². The first kappa shape index (κ1) is 14.3. The lowest BCUT2D eigenvalue weighted by Gasteiger charge is -2.16. The molecule has 0 aromatic heterocycles. The second kappa shape index (κ2) is 5.63. The van der Waals surface area contributed by atoms with E-state index in [9.17, 15) is 19.7 Å². The van der Waals surface area contributed by atoms with Gasteiger partial charge in [-0.3, -0.25) is 19.8 Å². The molecule has 1 aromatic carbocycles. The number of carbonyl (C=O) groups is 2. The first-order valence-corrected chi connectivity index (χ1v) is 7.05. The van der Waals surface area contributed by atoms with Crippen molar-refractivity contribution in [3.05, 3.63) is 34.4 Å². The minimum Gasteiger partial charge on any atom is -0.485 e. The van der Waals surface area contributed by atoms with Gasteiger partial charge in [0.1, 0.15) is 13.2 Å². The molecule has 8 heteroatoms. The molecule has 3 amide bonds. The van der Waals surface area contributed by atoms with Crippen LogP contribution in [-0.2, 0) is 4.79 Å². The van der Waals surface area contributed by atoms with E-state index in [2.05, 4.69) is 0 Å². The average molecular weight is 305 g/mol. The van der Waals surface area contributed by atoms with E-state index in [1.807, 2.05) is 0 Å². The highest BCUT2D eigenvalue weighted by atomic mass is 16.6. The van der Waals surface area contributed by atoms with Gasteiger partial charge < -0.3 is 9.64 Å². The Labute approximate surface area is 126 Å². The molecule has 2 aliphatic rings. The van der Waals surface area contributed by atoms with Crippen molar-refractivity contribution in [2.75, 3.05) is 19.7 Å². The molecule has 1 heterocycles. The Morgan fingerprint density at radius 3 is 2.68 bits per heavy atom. The van der Waals surface area contributed by atoms with Gasteiger partial charge in [0.15, 0.2) is 5.75 Å². The van der Waals surface area contributed by atoms with E-state index < -0.39 is 4.92 Å². The van der Waals surface area contributed by atoms with Crippen molar-refractivity contribution in [2.24, 2.45) is 0 Å². The molecule has 0 radical (unpaired) electrons. The molecule has 1 saturated carbocycles. The van der Waals surface area contributed by atoms with Gasteiger partial charge in [-0.15, -0.1) is 0 Å². The Morgan fingerprint density at radius 1 is 1.27 bits per heavy atom. The normalized spacial score (nSPS) is 18.0. The van der Waals surface area contributed by atoms with Gasteiger partial charge in [-0.05, 0) is 18.9 Å². The summed E-state index contributed by atoms with van der Waals surface area (Å²) in [7, 11) is 0. The lowest BCUT2D eigenvalue weighted by molar-refractivity contribution is -0.385. The van der Waals surface area contributed by atoms with Gasteiger partial charge in [0.2, 0.25) is 5.91 Å². The molecule has 1 saturated heterocycles. The molecule has 3 rings (SSSR count). The summed E-state index contributed by atoms with van der Waals surface area (Å²) in [6.45, 7) is 0.239. The second-order valence-corrected chi connectivity index (χ2v) is 5.26. The van der Waals surface area contributed by atoms with Crippen LogP contribution in [0.25, 0.3) is 0 Å². The number of rotatable bonds is 6. The van der Waals surface area contributed by atoms with Crippen LogP contribution in [0.2, 0.25) is 0 Å². The minimum atomic E-state index is -0.531. The third kappa shape index (κ3) is 2.72. The van der Waals surface area contributed by atoms with E-state index in [0.29, 0.717) is 0 Å². The first-order valence-electron chi connectivity index (χ1n) is 7.05. The molecular weight excluding hydrogens is 290 g/mol. The van der Waals surface area contributed by atoms with E-state index in [4.69, 9.17) is 4.74 Å². The fraction of sp³-hybridized carbons (Fsp3) is 0.429. The molecule has 8 nitrogen and oxygen atoms in total. The van der Waals surface area contributed by atoms with E-state index in [1.165, 1.54) is 12.1 Å². The van der Waals surface area contributed by atoms with Gasteiger partial charge in [-0.2, -0.15) is 0 Å². The maximum Gasteiger partial charge on any atom is 0.327 e. The predicted octanol–water partition coefficient (Wildman–Crippen LogP) is 1.40. The molecule has 0 bridgehead atoms. The fourth-order valence-corrected chi connectivity index (χ4v) is 2.43. The molecule has 0 unspecified atom stereocenters. The first-order chi connectivity index (χ1) is 10.6. The number of nitro groups is 1. The van der Waals surface area contributed by atoms with Crippen LogP contribution in [-0.4, -0.2) is 52.4 Å². The maximum atomic E-state index is 12.1. The monoisotopic (exact) mass is 305 g/mol. The summed E-state index contributed by atoms with van der Waals surface area (Å²) in [5.74, 6) is -0.117. The summed E-state index contributed by atoms with van der Waals surface area (Å²) in [4.78, 5) is 37.0. The van der Waals surface area contributed by atoms with Crippen LogP contribution >= 0.6 is 0 Å². The van der Waals surface area contributed by atoms with Gasteiger partial charge in [0.05, 0.1) is 11.5 Å². The summed E-state index contributed by atoms with van der Waals surface area (Å²) < 4.78 is 5.36. The highest BCUT2D eigenvalue weighted by Gasteiger charge is 2.43. The Bertz CT molecular complexity index is 629. The van der Waals surface area contributed by atoms with E-state index in [0.717, 1.165) is 17.7 Å². The Hall–Kier alpha value is -2.64. The zero-order valence-electron chi connectivity index (χ0n) is 11.8. The number of urea groups is 1. The number of para-hydroxylation sites is 2. The molecule has 116 valence electrons. The summed E-state index contributed by atoms with van der Waals surface area (Å²) in [5, 5.41) is 10.9. The largest absolute Gasteiger partial charge is 0.485 e. The summed E-state index contributed by atoms with van der Waals surface area (Å²) in [6, 6.07) is 5.91. The zero-order chi connectivity index (χ0) is 15.7. The van der Waals surface area contributed by atoms with E-state index >= 15 is 0 Å². The number of carbonyl (C=O) groups excluding carboxylic acids is 2. The van der Waals surface area contributed by atoms with Gasteiger partial charge in [0, 0.05) is 12.1 Å². The summed E-state index contributed by atoms with van der Waals surface area (Å²) in [5.41, 5.74) is -0.138. The van der Waals surface area contributed by atoms with Crippen molar-refractivity contribution in [3.63, 3.8) is 0 Å². The number of hydrogen-bond donors (Lipinski definition) is 0. The Morgan fingerprint density at radius 2 is 2.00 bits per heavy atom. The minimum absolute atomic E-state index is 0.0286. The summed E-state index contributed by atoms with van der Waals surface area (Å²) in [6.07, 6.45) is 1.89. The molecular formula is C14H15N3O5. The third-order valence-corrected chi connectivity index (χ3v) is 3.71. The topological polar surface area (TPSA) is 93.0 Å². The molecule has 0 spiro atoms. The fourth-order valence-electron chi connectivity index (χ4n) is 2.43. The number of benzene rings is 1. The lowest BCUT2D eigenvalue weighted by Crippen LogP contribution is -2.36. The molecule has 1 aliphatic carbocycles. The average Bonchev–Trinajstić information content (AvgIpc) is 3.29. The van der Waals surface area contributed by atoms with E-state index in [-0.39, 0.29) is 49.1 Å². The van der Waals surface area contributed by atoms with Gasteiger partial charge >= 0.3 is 11.7 Å². The highest BCUT2D eigenvalue weighted by Crippen LogP contribution is 2.30. The number of nitro benzene ring substituents is 1. The van der Waals surface area contributed by atoms with Crippen LogP contribution < -0.4 is 4.74 Å². The van der Waals surface area contributed by atoms with Crippen LogP contribution in [0.15, 0.2) is 24.3 Å². The van der Waals surface area contributed by atoms with Crippen molar-refractivity contribution < 1.29 is 19.2 Å². The molecule has 0 atom stereocenters. The Balaban J connectivity index is 1.58. The molecule has 1 aromatic rings. The molecule has 0 N–H and O–H groups in total. The van der Waals surface area contributed by atoms with Gasteiger partial charge in [-0.25, -0.2) is 4.79 Å². The quantitative estimate of drug-likeness (QED) is 0.450. The van der Waals surface area contributed by atoms with Crippen molar-refractivity contribution in [2.45, 2.75) is 18.9 Å². The number of amides is 3. The van der Waals surface area contributed by atoms with Crippen LogP contribution in [0, 0.1) is 10.1 Å². The van der Waals surface area contributed by atoms with Crippen molar-refractivity contribution in [1.82, 2.24) is 9.80 Å². The van der Waals surface area contributed by atoms with Crippen LogP contribution in [0.3, 0.4) is 0 Å². The zero-order valence-corrected chi connectivity index (χ0v) is 11.8. The standard InChI is InChI=1S/C14H15N3O5/c18-13-9-16(10-5-6-10)14(19)15(13)7-8-22-12-4-2-1-3-11(12)17(20)21/h1-4,10H,5-9H2. The second-order valence-electron chi connectivity index (χ2n) is 5.26. The number of imide groups is 1. The molecule has 2 fully saturated rings. The van der Waals surface area contributed by atoms with Crippen molar-refractivity contribution in [1.29, 1.82) is 0 Å².